The van der Waals surface area contributed by atoms with Crippen molar-refractivity contribution in [3.8, 4) is 5.75 Å². The van der Waals surface area contributed by atoms with E-state index in [0.717, 1.165) is 12.1 Å². The maximum absolute atomic E-state index is 14.1. The van der Waals surface area contributed by atoms with Crippen LogP contribution >= 0.6 is 15.9 Å². The molecule has 5 aromatic rings. The van der Waals surface area contributed by atoms with Crippen molar-refractivity contribution in [3.05, 3.63) is 99.7 Å². The second-order valence-corrected chi connectivity index (χ2v) is 12.3. The van der Waals surface area contributed by atoms with Gasteiger partial charge in [-0.1, -0.05) is 26.8 Å². The van der Waals surface area contributed by atoms with Crippen LogP contribution in [0.15, 0.2) is 70.2 Å². The normalized spacial score (nSPS) is 13.2. The largest absolute Gasteiger partial charge is 0.485 e. The Morgan fingerprint density at radius 3 is 2.42 bits per heavy atom. The van der Waals surface area contributed by atoms with Crippen LogP contribution in [0.3, 0.4) is 0 Å². The molecule has 1 amide bonds. The molecule has 1 atom stereocenters. The summed E-state index contributed by atoms with van der Waals surface area (Å²) < 4.78 is 93.5. The van der Waals surface area contributed by atoms with Crippen LogP contribution in [0.1, 0.15) is 41.0 Å². The zero-order valence-electron chi connectivity index (χ0n) is 23.3. The average Bonchev–Trinajstić information content (AvgIpc) is 3.62. The molecule has 45 heavy (non-hydrogen) atoms. The minimum Gasteiger partial charge on any atom is -0.485 e. The van der Waals surface area contributed by atoms with Gasteiger partial charge in [-0.15, -0.1) is 10.2 Å². The molecule has 0 spiro atoms. The van der Waals surface area contributed by atoms with Crippen molar-refractivity contribution in [1.82, 2.24) is 34.9 Å². The molecular weight excluding hydrogens is 690 g/mol. The summed E-state index contributed by atoms with van der Waals surface area (Å²) in [6, 6.07) is 11.9. The van der Waals surface area contributed by atoms with E-state index in [1.165, 1.54) is 66.9 Å². The van der Waals surface area contributed by atoms with Gasteiger partial charge in [0.1, 0.15) is 29.5 Å². The Balaban J connectivity index is 1.45. The summed E-state index contributed by atoms with van der Waals surface area (Å²) in [5.74, 6) is -2.83. The zero-order chi connectivity index (χ0) is 32.5. The third-order valence-electron chi connectivity index (χ3n) is 6.53. The number of fused-ring (bicyclic) bond motifs is 1. The molecule has 3 heterocycles. The second kappa shape index (κ2) is 12.5. The number of aromatic nitrogens is 6. The lowest BCUT2D eigenvalue weighted by atomic mass is 10.0. The molecule has 3 aromatic heterocycles. The highest BCUT2D eigenvalue weighted by Crippen LogP contribution is 2.27. The summed E-state index contributed by atoms with van der Waals surface area (Å²) in [5.41, 5.74) is -1.99. The predicted molar refractivity (Wildman–Crippen MR) is 152 cm³/mol. The molecular formula is C27H22BrF4N7O5S. The summed E-state index contributed by atoms with van der Waals surface area (Å²) in [6.45, 7) is -1.69. The van der Waals surface area contributed by atoms with Crippen molar-refractivity contribution in [2.45, 2.75) is 37.4 Å². The molecule has 0 fully saturated rings. The number of nitrogens with one attached hydrogen (secondary N) is 1. The molecule has 18 heteroatoms. The van der Waals surface area contributed by atoms with E-state index in [2.05, 4.69) is 41.6 Å². The van der Waals surface area contributed by atoms with Gasteiger partial charge in [0.25, 0.3) is 16.0 Å². The van der Waals surface area contributed by atoms with E-state index in [1.807, 2.05) is 0 Å². The van der Waals surface area contributed by atoms with Crippen LogP contribution in [0, 0.1) is 18.6 Å². The quantitative estimate of drug-likeness (QED) is 0.152. The van der Waals surface area contributed by atoms with Crippen molar-refractivity contribution in [1.29, 1.82) is 0 Å². The van der Waals surface area contributed by atoms with E-state index in [-0.39, 0.29) is 38.0 Å². The Morgan fingerprint density at radius 2 is 1.78 bits per heavy atom. The smallest absolute Gasteiger partial charge is 0.350 e. The number of amides is 1. The average molecular weight is 712 g/mol. The highest BCUT2D eigenvalue weighted by atomic mass is 79.9. The van der Waals surface area contributed by atoms with Crippen molar-refractivity contribution in [3.63, 3.8) is 0 Å². The standard InChI is InChI=1S/C27H22BrF4N7O5S/c1-15-22(38-12-4-7-21(23(38)33-15)43-13-18-19(29)5-3-6-20(18)30)24(40)34-27(2,25-35-37-39(36-25)26(31)32)14-44-45(41,42)17-10-8-16(28)9-11-17/h3-12,26H,13-14H2,1-2H3,(H,34,40)/t27-/m0/s1. The van der Waals surface area contributed by atoms with Crippen LogP contribution in [0.5, 0.6) is 5.75 Å². The first-order valence-corrected chi connectivity index (χ1v) is 15.1. The molecule has 0 aliphatic heterocycles. The number of aryl methyl sites for hydroxylation is 1. The highest BCUT2D eigenvalue weighted by Gasteiger charge is 2.38. The summed E-state index contributed by atoms with van der Waals surface area (Å²) in [6.07, 6.45) is 1.47. The number of pyridine rings is 1. The maximum Gasteiger partial charge on any atom is 0.350 e. The molecule has 12 nitrogen and oxygen atoms in total. The van der Waals surface area contributed by atoms with Crippen LogP contribution in [0.2, 0.25) is 0 Å². The first-order valence-electron chi connectivity index (χ1n) is 12.9. The first-order chi connectivity index (χ1) is 21.3. The van der Waals surface area contributed by atoms with Gasteiger partial charge in [0.05, 0.1) is 22.8 Å². The molecule has 2 aromatic carbocycles. The van der Waals surface area contributed by atoms with Gasteiger partial charge in [0, 0.05) is 10.7 Å². The fourth-order valence-electron chi connectivity index (χ4n) is 4.22. The van der Waals surface area contributed by atoms with Crippen LogP contribution in [-0.2, 0) is 26.4 Å². The Hall–Kier alpha value is -4.42. The van der Waals surface area contributed by atoms with E-state index >= 15 is 0 Å². The summed E-state index contributed by atoms with van der Waals surface area (Å²) in [7, 11) is -4.39. The number of imidazole rings is 1. The summed E-state index contributed by atoms with van der Waals surface area (Å²) in [5, 5.41) is 13.1. The topological polar surface area (TPSA) is 143 Å². The van der Waals surface area contributed by atoms with Crippen molar-refractivity contribution < 1.29 is 39.7 Å². The molecule has 5 rings (SSSR count). The number of rotatable bonds is 11. The fourth-order valence-corrected chi connectivity index (χ4v) is 5.48. The van der Waals surface area contributed by atoms with Crippen LogP contribution < -0.4 is 10.1 Å². The van der Waals surface area contributed by atoms with Crippen LogP contribution in [0.25, 0.3) is 5.65 Å². The van der Waals surface area contributed by atoms with Gasteiger partial charge < -0.3 is 10.1 Å². The number of alkyl halides is 2. The zero-order valence-corrected chi connectivity index (χ0v) is 25.7. The van der Waals surface area contributed by atoms with Crippen LogP contribution in [0.4, 0.5) is 17.6 Å². The summed E-state index contributed by atoms with van der Waals surface area (Å²) >= 11 is 3.21. The fraction of sp³-hybridized carbons (Fsp3) is 0.222. The Morgan fingerprint density at radius 1 is 1.09 bits per heavy atom. The number of nitrogens with zero attached hydrogens (tertiary/aromatic N) is 6. The second-order valence-electron chi connectivity index (χ2n) is 9.77. The molecule has 0 unspecified atom stereocenters. The predicted octanol–water partition coefficient (Wildman–Crippen LogP) is 4.69. The van der Waals surface area contributed by atoms with Gasteiger partial charge in [-0.2, -0.15) is 17.2 Å². The number of hydrogen-bond donors (Lipinski definition) is 1. The molecule has 236 valence electrons. The number of carbonyl (C=O) groups excluding carboxylic acids is 1. The lowest BCUT2D eigenvalue weighted by molar-refractivity contribution is 0.0387. The first kappa shape index (κ1) is 32.0. The van der Waals surface area contributed by atoms with Gasteiger partial charge in [-0.3, -0.25) is 13.4 Å². The molecule has 0 saturated heterocycles. The van der Waals surface area contributed by atoms with Gasteiger partial charge in [-0.25, -0.2) is 13.8 Å². The van der Waals surface area contributed by atoms with Crippen molar-refractivity contribution in [2.24, 2.45) is 0 Å². The SMILES string of the molecule is Cc1nc2c(OCc3c(F)cccc3F)cccn2c1C(=O)N[C@@](C)(COS(=O)(=O)c1ccc(Br)cc1)c1nnn(C(F)F)n1. The van der Waals surface area contributed by atoms with E-state index in [0.29, 0.717) is 4.47 Å². The van der Waals surface area contributed by atoms with Gasteiger partial charge in [-0.05, 0) is 67.6 Å². The Bertz CT molecular complexity index is 1970. The monoisotopic (exact) mass is 711 g/mol. The van der Waals surface area contributed by atoms with Gasteiger partial charge in [0.2, 0.25) is 5.82 Å². The van der Waals surface area contributed by atoms with Crippen molar-refractivity contribution >= 4 is 37.6 Å². The highest BCUT2D eigenvalue weighted by molar-refractivity contribution is 9.10. The van der Waals surface area contributed by atoms with Crippen molar-refractivity contribution in [2.75, 3.05) is 6.61 Å². The molecule has 0 bridgehead atoms. The summed E-state index contributed by atoms with van der Waals surface area (Å²) in [4.78, 5) is 17.9. The molecule has 0 saturated carbocycles. The van der Waals surface area contributed by atoms with E-state index in [1.54, 1.807) is 0 Å². The lowest BCUT2D eigenvalue weighted by Crippen LogP contribution is -2.48. The Labute approximate surface area is 261 Å². The Kier molecular flexibility index (Phi) is 8.90. The number of hydrogen-bond acceptors (Lipinski definition) is 9. The van der Waals surface area contributed by atoms with Crippen LogP contribution in [-0.4, -0.2) is 50.5 Å². The van der Waals surface area contributed by atoms with E-state index in [4.69, 9.17) is 8.92 Å². The number of halogens is 5. The number of ether oxygens (including phenoxy) is 1. The van der Waals surface area contributed by atoms with Gasteiger partial charge >= 0.3 is 6.55 Å². The van der Waals surface area contributed by atoms with E-state index in [9.17, 15) is 30.8 Å². The minimum absolute atomic E-state index is 0.00947. The number of tetrazole rings is 1. The molecule has 0 radical (unpaired) electrons. The third-order valence-corrected chi connectivity index (χ3v) is 8.33. The lowest BCUT2D eigenvalue weighted by Gasteiger charge is -2.27. The molecule has 1 N–H and O–H groups in total. The van der Waals surface area contributed by atoms with E-state index < -0.39 is 58.8 Å². The minimum atomic E-state index is -4.39. The number of benzene rings is 2. The molecule has 0 aliphatic carbocycles. The van der Waals surface area contributed by atoms with Gasteiger partial charge in [0.15, 0.2) is 11.4 Å². The third kappa shape index (κ3) is 6.66. The maximum atomic E-state index is 14.1. The number of carbonyl (C=O) groups is 1. The molecule has 0 aliphatic rings.